The lowest BCUT2D eigenvalue weighted by Gasteiger charge is -2.21. The van der Waals surface area contributed by atoms with Gasteiger partial charge in [-0.25, -0.2) is 4.39 Å². The summed E-state index contributed by atoms with van der Waals surface area (Å²) in [5.74, 6) is -1.05. The Labute approximate surface area is 166 Å². The van der Waals surface area contributed by atoms with Crippen molar-refractivity contribution in [1.82, 2.24) is 10.9 Å². The quantitative estimate of drug-likeness (QED) is 0.741. The van der Waals surface area contributed by atoms with Crippen molar-refractivity contribution in [3.05, 3.63) is 54.3 Å². The molecular formula is C20H20FN3O5. The summed E-state index contributed by atoms with van der Waals surface area (Å²) in [4.78, 5) is 38.0. The summed E-state index contributed by atoms with van der Waals surface area (Å²) in [6.07, 6.45) is -0.800. The molecular weight excluding hydrogens is 381 g/mol. The Morgan fingerprint density at radius 2 is 1.90 bits per heavy atom. The molecule has 152 valence electrons. The second-order valence-electron chi connectivity index (χ2n) is 6.30. The number of amides is 3. The number of fused-ring (bicyclic) bond motifs is 1. The van der Waals surface area contributed by atoms with E-state index in [2.05, 4.69) is 10.9 Å². The van der Waals surface area contributed by atoms with Gasteiger partial charge in [0.15, 0.2) is 6.10 Å². The van der Waals surface area contributed by atoms with Crippen molar-refractivity contribution in [2.24, 2.45) is 0 Å². The highest BCUT2D eigenvalue weighted by molar-refractivity contribution is 6.00. The van der Waals surface area contributed by atoms with Gasteiger partial charge in [-0.15, -0.1) is 0 Å². The largest absolute Gasteiger partial charge is 0.491 e. The molecule has 3 amide bonds. The van der Waals surface area contributed by atoms with Crippen LogP contribution in [0.1, 0.15) is 13.3 Å². The van der Waals surface area contributed by atoms with Crippen molar-refractivity contribution >= 4 is 23.4 Å². The summed E-state index contributed by atoms with van der Waals surface area (Å²) in [6, 6.07) is 12.1. The predicted molar refractivity (Wildman–Crippen MR) is 102 cm³/mol. The Morgan fingerprint density at radius 3 is 2.66 bits per heavy atom. The molecule has 0 aliphatic carbocycles. The average molecular weight is 401 g/mol. The lowest BCUT2D eigenvalue weighted by atomic mass is 10.2. The van der Waals surface area contributed by atoms with E-state index in [1.54, 1.807) is 24.3 Å². The fourth-order valence-corrected chi connectivity index (χ4v) is 2.68. The summed E-state index contributed by atoms with van der Waals surface area (Å²) >= 11 is 0. The third-order valence-corrected chi connectivity index (χ3v) is 4.15. The van der Waals surface area contributed by atoms with Gasteiger partial charge in [0.1, 0.15) is 23.9 Å². The third-order valence-electron chi connectivity index (χ3n) is 4.15. The minimum Gasteiger partial charge on any atom is -0.491 e. The number of para-hydroxylation sites is 2. The summed E-state index contributed by atoms with van der Waals surface area (Å²) in [7, 11) is 0. The zero-order chi connectivity index (χ0) is 20.8. The molecule has 0 unspecified atom stereocenters. The number of hydrogen-bond acceptors (Lipinski definition) is 5. The standard InChI is InChI=1S/C20H20FN3O5/c1-13(29-15-8-6-14(21)7-9-15)20(27)23-22-18(25)12-24-16-4-2-3-5-17(16)28-11-10-19(24)26/h2-9,13H,10-12H2,1H3,(H,22,25)(H,23,27)/t13-/m0/s1. The van der Waals surface area contributed by atoms with Crippen LogP contribution in [0.25, 0.3) is 0 Å². The van der Waals surface area contributed by atoms with E-state index in [9.17, 15) is 18.8 Å². The van der Waals surface area contributed by atoms with E-state index in [0.29, 0.717) is 17.2 Å². The average Bonchev–Trinajstić information content (AvgIpc) is 2.87. The van der Waals surface area contributed by atoms with E-state index in [4.69, 9.17) is 9.47 Å². The Balaban J connectivity index is 1.54. The number of carbonyl (C=O) groups excluding carboxylic acids is 3. The maximum atomic E-state index is 12.9. The van der Waals surface area contributed by atoms with Gasteiger partial charge in [-0.2, -0.15) is 0 Å². The fraction of sp³-hybridized carbons (Fsp3) is 0.250. The van der Waals surface area contributed by atoms with Crippen LogP contribution in [0.3, 0.4) is 0 Å². The zero-order valence-electron chi connectivity index (χ0n) is 15.7. The number of ether oxygens (including phenoxy) is 2. The second-order valence-corrected chi connectivity index (χ2v) is 6.30. The molecule has 0 fully saturated rings. The number of benzene rings is 2. The number of carbonyl (C=O) groups is 3. The highest BCUT2D eigenvalue weighted by atomic mass is 19.1. The van der Waals surface area contributed by atoms with Gasteiger partial charge in [0.2, 0.25) is 5.91 Å². The van der Waals surface area contributed by atoms with Gasteiger partial charge in [-0.05, 0) is 43.3 Å². The molecule has 0 saturated heterocycles. The molecule has 1 aliphatic rings. The zero-order valence-corrected chi connectivity index (χ0v) is 15.7. The number of rotatable bonds is 5. The lowest BCUT2D eigenvalue weighted by molar-refractivity contribution is -0.132. The van der Waals surface area contributed by atoms with E-state index in [1.807, 2.05) is 0 Å². The molecule has 1 atom stereocenters. The van der Waals surface area contributed by atoms with E-state index in [-0.39, 0.29) is 25.5 Å². The van der Waals surface area contributed by atoms with Crippen LogP contribution in [-0.2, 0) is 14.4 Å². The lowest BCUT2D eigenvalue weighted by Crippen LogP contribution is -2.50. The summed E-state index contributed by atoms with van der Waals surface area (Å²) in [5, 5.41) is 0. The minimum absolute atomic E-state index is 0.136. The van der Waals surface area contributed by atoms with Crippen LogP contribution in [0, 0.1) is 5.82 Å². The van der Waals surface area contributed by atoms with Crippen LogP contribution >= 0.6 is 0 Å². The molecule has 0 bridgehead atoms. The van der Waals surface area contributed by atoms with Gasteiger partial charge in [-0.1, -0.05) is 12.1 Å². The summed E-state index contributed by atoms with van der Waals surface area (Å²) < 4.78 is 23.8. The van der Waals surface area contributed by atoms with Gasteiger partial charge in [0.05, 0.1) is 18.7 Å². The van der Waals surface area contributed by atoms with E-state index in [1.165, 1.54) is 36.1 Å². The van der Waals surface area contributed by atoms with Crippen molar-refractivity contribution in [3.8, 4) is 11.5 Å². The first-order chi connectivity index (χ1) is 13.9. The molecule has 29 heavy (non-hydrogen) atoms. The van der Waals surface area contributed by atoms with Gasteiger partial charge in [0, 0.05) is 0 Å². The van der Waals surface area contributed by atoms with Crippen molar-refractivity contribution in [1.29, 1.82) is 0 Å². The van der Waals surface area contributed by atoms with Gasteiger partial charge < -0.3 is 9.47 Å². The van der Waals surface area contributed by atoms with Crippen molar-refractivity contribution in [2.75, 3.05) is 18.1 Å². The molecule has 0 spiro atoms. The molecule has 0 saturated carbocycles. The maximum absolute atomic E-state index is 12.9. The molecule has 0 aromatic heterocycles. The van der Waals surface area contributed by atoms with Crippen LogP contribution in [0.15, 0.2) is 48.5 Å². The van der Waals surface area contributed by atoms with Crippen LogP contribution < -0.4 is 25.2 Å². The van der Waals surface area contributed by atoms with Crippen molar-refractivity contribution in [3.63, 3.8) is 0 Å². The normalized spacial score (nSPS) is 14.1. The minimum atomic E-state index is -0.935. The molecule has 1 aliphatic heterocycles. The Bertz CT molecular complexity index is 903. The summed E-state index contributed by atoms with van der Waals surface area (Å²) in [6.45, 7) is 1.42. The van der Waals surface area contributed by atoms with Crippen LogP contribution in [0.2, 0.25) is 0 Å². The first kappa shape index (κ1) is 20.1. The Hall–Kier alpha value is -3.62. The molecule has 2 aromatic rings. The van der Waals surface area contributed by atoms with Crippen LogP contribution in [0.5, 0.6) is 11.5 Å². The molecule has 2 N–H and O–H groups in total. The number of hydrogen-bond donors (Lipinski definition) is 2. The molecule has 9 heteroatoms. The number of hydrazine groups is 1. The first-order valence-electron chi connectivity index (χ1n) is 8.97. The predicted octanol–water partition coefficient (Wildman–Crippen LogP) is 1.56. The molecule has 1 heterocycles. The number of anilines is 1. The van der Waals surface area contributed by atoms with Crippen molar-refractivity contribution in [2.45, 2.75) is 19.4 Å². The van der Waals surface area contributed by atoms with E-state index >= 15 is 0 Å². The van der Waals surface area contributed by atoms with Gasteiger partial charge >= 0.3 is 0 Å². The molecule has 8 nitrogen and oxygen atoms in total. The van der Waals surface area contributed by atoms with E-state index < -0.39 is 23.7 Å². The SMILES string of the molecule is C[C@H](Oc1ccc(F)cc1)C(=O)NNC(=O)CN1C(=O)CCOc2ccccc21. The van der Waals surface area contributed by atoms with E-state index in [0.717, 1.165) is 0 Å². The Morgan fingerprint density at radius 1 is 1.17 bits per heavy atom. The monoisotopic (exact) mass is 401 g/mol. The van der Waals surface area contributed by atoms with Crippen molar-refractivity contribution < 1.29 is 28.2 Å². The second kappa shape index (κ2) is 9.05. The highest BCUT2D eigenvalue weighted by Crippen LogP contribution is 2.30. The number of nitrogens with zero attached hydrogens (tertiary/aromatic N) is 1. The summed E-state index contributed by atoms with van der Waals surface area (Å²) in [5.41, 5.74) is 5.01. The third kappa shape index (κ3) is 5.22. The molecule has 3 rings (SSSR count). The molecule has 2 aromatic carbocycles. The van der Waals surface area contributed by atoms with Gasteiger partial charge in [-0.3, -0.25) is 30.1 Å². The van der Waals surface area contributed by atoms with Crippen LogP contribution in [-0.4, -0.2) is 37.0 Å². The number of nitrogens with one attached hydrogen (secondary N) is 2. The fourth-order valence-electron chi connectivity index (χ4n) is 2.68. The topological polar surface area (TPSA) is 97.0 Å². The number of halogens is 1. The van der Waals surface area contributed by atoms with Gasteiger partial charge in [0.25, 0.3) is 11.8 Å². The smallest absolute Gasteiger partial charge is 0.279 e. The van der Waals surface area contributed by atoms with Crippen LogP contribution in [0.4, 0.5) is 10.1 Å². The Kier molecular flexibility index (Phi) is 6.28. The highest BCUT2D eigenvalue weighted by Gasteiger charge is 2.25. The maximum Gasteiger partial charge on any atom is 0.279 e. The molecule has 0 radical (unpaired) electrons. The first-order valence-corrected chi connectivity index (χ1v) is 8.97.